The molecule has 0 aliphatic rings. The molecule has 0 saturated carbocycles. The van der Waals surface area contributed by atoms with E-state index in [1.54, 1.807) is 24.4 Å². The molecule has 4 nitrogen and oxygen atoms in total. The van der Waals surface area contributed by atoms with Gasteiger partial charge in [0.25, 0.3) is 0 Å². The van der Waals surface area contributed by atoms with Gasteiger partial charge in [0.05, 0.1) is 0 Å². The molecule has 4 heteroatoms. The first-order valence-corrected chi connectivity index (χ1v) is 4.43. The molecule has 14 heavy (non-hydrogen) atoms. The maximum absolute atomic E-state index is 11.3. The van der Waals surface area contributed by atoms with E-state index in [-0.39, 0.29) is 5.97 Å². The first-order valence-electron chi connectivity index (χ1n) is 4.43. The highest BCUT2D eigenvalue weighted by Crippen LogP contribution is 1.96. The predicted octanol–water partition coefficient (Wildman–Crippen LogP) is 0.800. The lowest BCUT2D eigenvalue weighted by molar-refractivity contribution is 0.0475. The van der Waals surface area contributed by atoms with E-state index < -0.39 is 0 Å². The smallest absolute Gasteiger partial charge is 0.356 e. The summed E-state index contributed by atoms with van der Waals surface area (Å²) in [5.74, 6) is -0.368. The Labute approximate surface area is 83.5 Å². The van der Waals surface area contributed by atoms with Crippen molar-refractivity contribution in [2.24, 2.45) is 0 Å². The van der Waals surface area contributed by atoms with Gasteiger partial charge < -0.3 is 9.64 Å². The highest BCUT2D eigenvalue weighted by Gasteiger charge is 2.06. The molecule has 0 aliphatic heterocycles. The zero-order chi connectivity index (χ0) is 10.4. The number of carbonyl (C=O) groups excluding carboxylic acids is 1. The van der Waals surface area contributed by atoms with Crippen molar-refractivity contribution in [1.82, 2.24) is 9.88 Å². The third-order valence-corrected chi connectivity index (χ3v) is 1.65. The lowest BCUT2D eigenvalue weighted by Gasteiger charge is -2.09. The molecule has 1 aromatic rings. The van der Waals surface area contributed by atoms with Crippen LogP contribution in [-0.4, -0.2) is 43.1 Å². The molecule has 1 rings (SSSR count). The maximum atomic E-state index is 11.3. The van der Waals surface area contributed by atoms with Crippen LogP contribution in [0.2, 0.25) is 0 Å². The Bertz CT molecular complexity index is 285. The van der Waals surface area contributed by atoms with Crippen molar-refractivity contribution in [2.75, 3.05) is 27.2 Å². The molecular weight excluding hydrogens is 180 g/mol. The molecule has 0 fully saturated rings. The molecule has 0 unspecified atom stereocenters. The van der Waals surface area contributed by atoms with Gasteiger partial charge in [-0.2, -0.15) is 0 Å². The number of nitrogens with zero attached hydrogens (tertiary/aromatic N) is 2. The molecule has 0 radical (unpaired) electrons. The van der Waals surface area contributed by atoms with Crippen molar-refractivity contribution in [3.63, 3.8) is 0 Å². The Hall–Kier alpha value is -1.42. The molecule has 0 N–H and O–H groups in total. The van der Waals surface area contributed by atoms with E-state index in [0.29, 0.717) is 12.3 Å². The second-order valence-electron chi connectivity index (χ2n) is 3.15. The molecule has 0 aromatic carbocycles. The van der Waals surface area contributed by atoms with Crippen molar-refractivity contribution in [2.45, 2.75) is 0 Å². The number of hydrogen-bond donors (Lipinski definition) is 0. The maximum Gasteiger partial charge on any atom is 0.356 e. The van der Waals surface area contributed by atoms with Gasteiger partial charge in [-0.3, -0.25) is 0 Å². The van der Waals surface area contributed by atoms with E-state index >= 15 is 0 Å². The van der Waals surface area contributed by atoms with E-state index in [9.17, 15) is 4.79 Å². The number of hydrogen-bond acceptors (Lipinski definition) is 4. The lowest BCUT2D eigenvalue weighted by atomic mass is 10.3. The fraction of sp³-hybridized carbons (Fsp3) is 0.400. The van der Waals surface area contributed by atoms with Crippen LogP contribution in [0.15, 0.2) is 24.4 Å². The number of likely N-dealkylation sites (N-methyl/N-ethyl adjacent to an activating group) is 1. The summed E-state index contributed by atoms with van der Waals surface area (Å²) in [7, 11) is 3.85. The van der Waals surface area contributed by atoms with Crippen LogP contribution in [0.4, 0.5) is 0 Å². The minimum Gasteiger partial charge on any atom is -0.460 e. The first kappa shape index (κ1) is 10.7. The van der Waals surface area contributed by atoms with Crippen LogP contribution in [0.25, 0.3) is 0 Å². The number of carbonyl (C=O) groups is 1. The Morgan fingerprint density at radius 1 is 1.50 bits per heavy atom. The Balaban J connectivity index is 2.36. The largest absolute Gasteiger partial charge is 0.460 e. The number of rotatable bonds is 4. The molecule has 1 heterocycles. The van der Waals surface area contributed by atoms with Crippen LogP contribution >= 0.6 is 0 Å². The van der Waals surface area contributed by atoms with Gasteiger partial charge in [0.15, 0.2) is 0 Å². The average molecular weight is 194 g/mol. The topological polar surface area (TPSA) is 42.4 Å². The number of ether oxygens (including phenoxy) is 1. The van der Waals surface area contributed by atoms with E-state index in [1.807, 2.05) is 19.0 Å². The van der Waals surface area contributed by atoms with Crippen molar-refractivity contribution in [3.05, 3.63) is 30.1 Å². The molecular formula is C10H14N2O2. The highest BCUT2D eigenvalue weighted by atomic mass is 16.5. The van der Waals surface area contributed by atoms with Crippen molar-refractivity contribution < 1.29 is 9.53 Å². The highest BCUT2D eigenvalue weighted by molar-refractivity contribution is 5.87. The predicted molar refractivity (Wildman–Crippen MR) is 53.1 cm³/mol. The Morgan fingerprint density at radius 3 is 2.86 bits per heavy atom. The van der Waals surface area contributed by atoms with Gasteiger partial charge in [-0.15, -0.1) is 0 Å². The monoisotopic (exact) mass is 194 g/mol. The second-order valence-corrected chi connectivity index (χ2v) is 3.15. The Morgan fingerprint density at radius 2 is 2.29 bits per heavy atom. The van der Waals surface area contributed by atoms with E-state index in [4.69, 9.17) is 4.74 Å². The number of aromatic nitrogens is 1. The van der Waals surface area contributed by atoms with Gasteiger partial charge in [-0.05, 0) is 26.2 Å². The van der Waals surface area contributed by atoms with Gasteiger partial charge in [0.2, 0.25) is 0 Å². The summed E-state index contributed by atoms with van der Waals surface area (Å²) in [6.07, 6.45) is 1.57. The molecule has 0 saturated heterocycles. The third kappa shape index (κ3) is 3.53. The molecule has 0 aliphatic carbocycles. The number of esters is 1. The Kier molecular flexibility index (Phi) is 4.07. The van der Waals surface area contributed by atoms with E-state index in [1.165, 1.54) is 0 Å². The number of pyridine rings is 1. The molecule has 0 amide bonds. The minimum absolute atomic E-state index is 0.353. The molecule has 0 atom stereocenters. The van der Waals surface area contributed by atoms with Gasteiger partial charge in [-0.25, -0.2) is 9.78 Å². The summed E-state index contributed by atoms with van der Waals surface area (Å²) in [6.45, 7) is 1.11. The standard InChI is InChI=1S/C10H14N2O2/c1-12(2)7-8-14-10(13)9-5-3-4-6-11-9/h3-6H,7-8H2,1-2H3. The van der Waals surface area contributed by atoms with Crippen LogP contribution in [0.3, 0.4) is 0 Å². The van der Waals surface area contributed by atoms with Crippen LogP contribution in [-0.2, 0) is 4.74 Å². The summed E-state index contributed by atoms with van der Waals surface area (Å²) in [6, 6.07) is 5.16. The normalized spacial score (nSPS) is 10.2. The third-order valence-electron chi connectivity index (χ3n) is 1.65. The fourth-order valence-electron chi connectivity index (χ4n) is 0.878. The SMILES string of the molecule is CN(C)CCOC(=O)c1ccccn1. The molecule has 1 aromatic heterocycles. The van der Waals surface area contributed by atoms with Gasteiger partial charge in [0, 0.05) is 12.7 Å². The average Bonchev–Trinajstić information content (AvgIpc) is 2.18. The van der Waals surface area contributed by atoms with Crippen LogP contribution in [0.1, 0.15) is 10.5 Å². The lowest BCUT2D eigenvalue weighted by Crippen LogP contribution is -2.20. The fourth-order valence-corrected chi connectivity index (χ4v) is 0.878. The summed E-state index contributed by atoms with van der Waals surface area (Å²) in [5.41, 5.74) is 0.353. The van der Waals surface area contributed by atoms with Gasteiger partial charge >= 0.3 is 5.97 Å². The van der Waals surface area contributed by atoms with Crippen molar-refractivity contribution in [1.29, 1.82) is 0 Å². The van der Waals surface area contributed by atoms with Crippen molar-refractivity contribution >= 4 is 5.97 Å². The minimum atomic E-state index is -0.368. The van der Waals surface area contributed by atoms with Crippen molar-refractivity contribution in [3.8, 4) is 0 Å². The second kappa shape index (κ2) is 5.34. The van der Waals surface area contributed by atoms with Gasteiger partial charge in [0.1, 0.15) is 12.3 Å². The molecule has 0 bridgehead atoms. The van der Waals surface area contributed by atoms with Crippen LogP contribution in [0, 0.1) is 0 Å². The van der Waals surface area contributed by atoms with Gasteiger partial charge in [-0.1, -0.05) is 6.07 Å². The molecule has 0 spiro atoms. The summed E-state index contributed by atoms with van der Waals surface area (Å²) in [5, 5.41) is 0. The van der Waals surface area contributed by atoms with E-state index in [2.05, 4.69) is 4.98 Å². The summed E-state index contributed by atoms with van der Waals surface area (Å²) >= 11 is 0. The first-order chi connectivity index (χ1) is 6.70. The summed E-state index contributed by atoms with van der Waals surface area (Å²) in [4.78, 5) is 17.2. The zero-order valence-corrected chi connectivity index (χ0v) is 8.43. The van der Waals surface area contributed by atoms with Crippen LogP contribution in [0.5, 0.6) is 0 Å². The van der Waals surface area contributed by atoms with Crippen LogP contribution < -0.4 is 0 Å². The zero-order valence-electron chi connectivity index (χ0n) is 8.43. The quantitative estimate of drug-likeness (QED) is 0.665. The molecule has 76 valence electrons. The summed E-state index contributed by atoms with van der Waals surface area (Å²) < 4.78 is 5.00. The van der Waals surface area contributed by atoms with E-state index in [0.717, 1.165) is 6.54 Å².